The van der Waals surface area contributed by atoms with Crippen molar-refractivity contribution in [2.24, 2.45) is 34.0 Å². The number of benzene rings is 1. The van der Waals surface area contributed by atoms with Crippen molar-refractivity contribution in [2.75, 3.05) is 33.0 Å². The van der Waals surface area contributed by atoms with Gasteiger partial charge in [-0.1, -0.05) is 137 Å². The molecule has 1 aromatic rings. The SMILES string of the molecule is CC(CC(CCCCCCCCCCCCc1ccccc1)C(C)(C)C)CC(COCC(CO)(CO)CO)C(C)(C)C. The van der Waals surface area contributed by atoms with Crippen molar-refractivity contribution < 1.29 is 20.1 Å². The normalized spacial score (nSPS) is 15.1. The molecule has 0 heterocycles. The van der Waals surface area contributed by atoms with Crippen LogP contribution in [0.4, 0.5) is 0 Å². The zero-order chi connectivity index (χ0) is 31.5. The van der Waals surface area contributed by atoms with Gasteiger partial charge in [0.25, 0.3) is 0 Å². The predicted molar refractivity (Wildman–Crippen MR) is 180 cm³/mol. The number of ether oxygens (including phenoxy) is 1. The highest BCUT2D eigenvalue weighted by Crippen LogP contribution is 2.39. The predicted octanol–water partition coefficient (Wildman–Crippen LogP) is 9.24. The van der Waals surface area contributed by atoms with Crippen molar-refractivity contribution in [1.29, 1.82) is 0 Å². The molecule has 1 aromatic carbocycles. The van der Waals surface area contributed by atoms with E-state index in [1.807, 2.05) is 0 Å². The van der Waals surface area contributed by atoms with Gasteiger partial charge in [0.1, 0.15) is 0 Å². The molecule has 4 nitrogen and oxygen atoms in total. The summed E-state index contributed by atoms with van der Waals surface area (Å²) in [6, 6.07) is 10.9. The molecule has 0 spiro atoms. The van der Waals surface area contributed by atoms with E-state index in [1.54, 1.807) is 0 Å². The van der Waals surface area contributed by atoms with Gasteiger partial charge in [0, 0.05) is 6.61 Å². The summed E-state index contributed by atoms with van der Waals surface area (Å²) in [6.07, 6.45) is 18.6. The minimum Gasteiger partial charge on any atom is -0.396 e. The van der Waals surface area contributed by atoms with Gasteiger partial charge in [-0.3, -0.25) is 0 Å². The van der Waals surface area contributed by atoms with E-state index in [9.17, 15) is 15.3 Å². The fourth-order valence-electron chi connectivity index (χ4n) is 6.13. The maximum atomic E-state index is 9.63. The monoisotopic (exact) mass is 591 g/mol. The Morgan fingerprint density at radius 1 is 0.619 bits per heavy atom. The summed E-state index contributed by atoms with van der Waals surface area (Å²) in [7, 11) is 0. The second-order valence-electron chi connectivity index (χ2n) is 15.8. The van der Waals surface area contributed by atoms with Crippen LogP contribution in [0.3, 0.4) is 0 Å². The van der Waals surface area contributed by atoms with Gasteiger partial charge in [-0.15, -0.1) is 0 Å². The maximum Gasteiger partial charge on any atom is 0.0629 e. The van der Waals surface area contributed by atoms with Crippen LogP contribution < -0.4 is 0 Å². The molecule has 0 fully saturated rings. The quantitative estimate of drug-likeness (QED) is 0.105. The number of aliphatic hydroxyl groups excluding tert-OH is 3. The van der Waals surface area contributed by atoms with E-state index in [1.165, 1.54) is 89.0 Å². The molecule has 4 heteroatoms. The molecule has 0 aromatic heterocycles. The molecule has 0 saturated heterocycles. The van der Waals surface area contributed by atoms with Crippen molar-refractivity contribution in [3.05, 3.63) is 35.9 Å². The van der Waals surface area contributed by atoms with Gasteiger partial charge in [-0.05, 0) is 66.3 Å². The molecule has 3 N–H and O–H groups in total. The molecule has 0 bridgehead atoms. The minimum atomic E-state index is -0.964. The molecular formula is C38H70O4. The first-order valence-electron chi connectivity index (χ1n) is 17.3. The van der Waals surface area contributed by atoms with E-state index >= 15 is 0 Å². The lowest BCUT2D eigenvalue weighted by atomic mass is 9.70. The van der Waals surface area contributed by atoms with E-state index in [-0.39, 0.29) is 31.8 Å². The molecule has 0 aliphatic carbocycles. The smallest absolute Gasteiger partial charge is 0.0629 e. The van der Waals surface area contributed by atoms with Gasteiger partial charge in [-0.2, -0.15) is 0 Å². The lowest BCUT2D eigenvalue weighted by Crippen LogP contribution is -2.40. The van der Waals surface area contributed by atoms with E-state index < -0.39 is 5.41 Å². The number of aryl methyl sites for hydroxylation is 1. The summed E-state index contributed by atoms with van der Waals surface area (Å²) in [5.41, 5.74) is 0.928. The minimum absolute atomic E-state index is 0.105. The van der Waals surface area contributed by atoms with Crippen molar-refractivity contribution in [2.45, 2.75) is 138 Å². The standard InChI is InChI=1S/C38H70O4/c1-32(26-35(37(5,6)7)27-42-31-38(28-39,29-40)30-41)25-34(36(2,3)4)24-20-15-13-11-9-8-10-12-14-17-21-33-22-18-16-19-23-33/h16,18-19,22-23,32,34-35,39-41H,8-15,17,20-21,24-31H2,1-7H3. The summed E-state index contributed by atoms with van der Waals surface area (Å²) < 4.78 is 6.01. The highest BCUT2D eigenvalue weighted by molar-refractivity contribution is 5.14. The van der Waals surface area contributed by atoms with E-state index in [0.717, 1.165) is 12.3 Å². The van der Waals surface area contributed by atoms with E-state index in [0.29, 0.717) is 23.9 Å². The Hall–Kier alpha value is -0.940. The van der Waals surface area contributed by atoms with Crippen LogP contribution in [0, 0.1) is 34.0 Å². The lowest BCUT2D eigenvalue weighted by Gasteiger charge is -2.37. The average molecular weight is 591 g/mol. The van der Waals surface area contributed by atoms with Gasteiger partial charge in [0.15, 0.2) is 0 Å². The second kappa shape index (κ2) is 20.9. The second-order valence-corrected chi connectivity index (χ2v) is 15.8. The topological polar surface area (TPSA) is 69.9 Å². The van der Waals surface area contributed by atoms with Crippen LogP contribution in [0.5, 0.6) is 0 Å². The van der Waals surface area contributed by atoms with Crippen molar-refractivity contribution in [1.82, 2.24) is 0 Å². The number of rotatable bonds is 24. The largest absolute Gasteiger partial charge is 0.396 e. The fraction of sp³-hybridized carbons (Fsp3) is 0.842. The molecule has 0 saturated carbocycles. The van der Waals surface area contributed by atoms with Gasteiger partial charge >= 0.3 is 0 Å². The third-order valence-electron chi connectivity index (χ3n) is 9.67. The molecule has 246 valence electrons. The first-order chi connectivity index (χ1) is 19.9. The van der Waals surface area contributed by atoms with E-state index in [2.05, 4.69) is 78.8 Å². The number of hydrogen-bond acceptors (Lipinski definition) is 4. The third-order valence-corrected chi connectivity index (χ3v) is 9.67. The first kappa shape index (κ1) is 39.1. The van der Waals surface area contributed by atoms with Crippen LogP contribution in [0.2, 0.25) is 0 Å². The number of unbranched alkanes of at least 4 members (excludes halogenated alkanes) is 9. The van der Waals surface area contributed by atoms with Crippen LogP contribution in [0.25, 0.3) is 0 Å². The van der Waals surface area contributed by atoms with Crippen LogP contribution >= 0.6 is 0 Å². The van der Waals surface area contributed by atoms with Crippen LogP contribution in [0.1, 0.15) is 138 Å². The van der Waals surface area contributed by atoms with Gasteiger partial charge in [0.2, 0.25) is 0 Å². The Morgan fingerprint density at radius 2 is 1.07 bits per heavy atom. The molecule has 0 aliphatic heterocycles. The highest BCUT2D eigenvalue weighted by atomic mass is 16.5. The summed E-state index contributed by atoms with van der Waals surface area (Å²) in [5.74, 6) is 1.70. The van der Waals surface area contributed by atoms with Crippen LogP contribution in [0.15, 0.2) is 30.3 Å². The van der Waals surface area contributed by atoms with E-state index in [4.69, 9.17) is 4.74 Å². The summed E-state index contributed by atoms with van der Waals surface area (Å²) in [4.78, 5) is 0. The Labute approximate surface area is 261 Å². The Bertz CT molecular complexity index is 751. The Kier molecular flexibility index (Phi) is 19.5. The molecule has 0 aliphatic rings. The Balaban J connectivity index is 2.31. The molecular weight excluding hydrogens is 520 g/mol. The van der Waals surface area contributed by atoms with Crippen LogP contribution in [-0.4, -0.2) is 48.4 Å². The molecule has 0 amide bonds. The average Bonchev–Trinajstić information content (AvgIpc) is 2.94. The highest BCUT2D eigenvalue weighted by Gasteiger charge is 2.33. The molecule has 0 radical (unpaired) electrons. The summed E-state index contributed by atoms with van der Waals surface area (Å²) in [5, 5.41) is 28.9. The van der Waals surface area contributed by atoms with Gasteiger partial charge in [0.05, 0.1) is 31.8 Å². The zero-order valence-electron chi connectivity index (χ0n) is 28.8. The molecule has 42 heavy (non-hydrogen) atoms. The molecule has 3 unspecified atom stereocenters. The van der Waals surface area contributed by atoms with Crippen molar-refractivity contribution in [3.8, 4) is 0 Å². The molecule has 1 rings (SSSR count). The Morgan fingerprint density at radius 3 is 1.55 bits per heavy atom. The van der Waals surface area contributed by atoms with Gasteiger partial charge < -0.3 is 20.1 Å². The van der Waals surface area contributed by atoms with Crippen molar-refractivity contribution in [3.63, 3.8) is 0 Å². The third kappa shape index (κ3) is 16.8. The number of aliphatic hydroxyl groups is 3. The first-order valence-corrected chi connectivity index (χ1v) is 17.3. The fourth-order valence-corrected chi connectivity index (χ4v) is 6.13. The lowest BCUT2D eigenvalue weighted by molar-refractivity contribution is -0.0727. The molecule has 3 atom stereocenters. The van der Waals surface area contributed by atoms with Gasteiger partial charge in [-0.25, -0.2) is 0 Å². The summed E-state index contributed by atoms with van der Waals surface area (Å²) >= 11 is 0. The van der Waals surface area contributed by atoms with Crippen molar-refractivity contribution >= 4 is 0 Å². The maximum absolute atomic E-state index is 9.63. The number of hydrogen-bond donors (Lipinski definition) is 3. The zero-order valence-corrected chi connectivity index (χ0v) is 28.8. The van der Waals surface area contributed by atoms with Crippen LogP contribution in [-0.2, 0) is 11.2 Å². The summed E-state index contributed by atoms with van der Waals surface area (Å²) in [6.45, 7) is 16.4.